The second-order valence-corrected chi connectivity index (χ2v) is 4.49. The third-order valence-electron chi connectivity index (χ3n) is 3.00. The Morgan fingerprint density at radius 1 is 1.56 bits per heavy atom. The summed E-state index contributed by atoms with van der Waals surface area (Å²) in [5, 5.41) is 11.5. The van der Waals surface area contributed by atoms with Gasteiger partial charge in [0.15, 0.2) is 11.7 Å². The van der Waals surface area contributed by atoms with Crippen molar-refractivity contribution in [2.45, 2.75) is 45.1 Å². The average molecular weight is 252 g/mol. The highest BCUT2D eigenvalue weighted by molar-refractivity contribution is 6.03. The standard InChI is InChI=1S/C13H20N2O3/c1-2-7-15-13(17)11(9-14)12(16)6-5-10-4-3-8-18-10/h10-11H,2-8H2,1H3,(H,15,17). The van der Waals surface area contributed by atoms with Crippen molar-refractivity contribution in [1.82, 2.24) is 5.32 Å². The van der Waals surface area contributed by atoms with Gasteiger partial charge in [-0.1, -0.05) is 6.92 Å². The summed E-state index contributed by atoms with van der Waals surface area (Å²) in [5.41, 5.74) is 0. The molecular formula is C13H20N2O3. The van der Waals surface area contributed by atoms with Crippen molar-refractivity contribution in [2.24, 2.45) is 5.92 Å². The summed E-state index contributed by atoms with van der Waals surface area (Å²) in [7, 11) is 0. The molecule has 0 aromatic rings. The van der Waals surface area contributed by atoms with Crippen LogP contribution in [0.5, 0.6) is 0 Å². The summed E-state index contributed by atoms with van der Waals surface area (Å²) in [6.45, 7) is 3.16. The van der Waals surface area contributed by atoms with Crippen molar-refractivity contribution in [3.8, 4) is 6.07 Å². The Balaban J connectivity index is 2.36. The third kappa shape index (κ3) is 4.46. The van der Waals surface area contributed by atoms with Crippen molar-refractivity contribution < 1.29 is 14.3 Å². The van der Waals surface area contributed by atoms with Crippen molar-refractivity contribution >= 4 is 11.7 Å². The summed E-state index contributed by atoms with van der Waals surface area (Å²) >= 11 is 0. The fourth-order valence-corrected chi connectivity index (χ4v) is 1.95. The lowest BCUT2D eigenvalue weighted by Gasteiger charge is -2.11. The minimum absolute atomic E-state index is 0.118. The zero-order valence-electron chi connectivity index (χ0n) is 10.8. The van der Waals surface area contributed by atoms with Gasteiger partial charge in [-0.05, 0) is 25.7 Å². The predicted octanol–water partition coefficient (Wildman–Crippen LogP) is 1.18. The SMILES string of the molecule is CCCNC(=O)C(C#N)C(=O)CCC1CCCO1. The van der Waals surface area contributed by atoms with Crippen molar-refractivity contribution in [1.29, 1.82) is 5.26 Å². The van der Waals surface area contributed by atoms with E-state index in [9.17, 15) is 9.59 Å². The number of Topliss-reactive ketones (excluding diaryl/α,β-unsaturated/α-hetero) is 1. The van der Waals surface area contributed by atoms with Crippen molar-refractivity contribution in [3.05, 3.63) is 0 Å². The number of carbonyl (C=O) groups is 2. The molecule has 0 bridgehead atoms. The molecule has 0 spiro atoms. The van der Waals surface area contributed by atoms with Gasteiger partial charge in [0, 0.05) is 19.6 Å². The third-order valence-corrected chi connectivity index (χ3v) is 3.00. The first kappa shape index (κ1) is 14.7. The van der Waals surface area contributed by atoms with Crippen molar-refractivity contribution in [3.63, 3.8) is 0 Å². The van der Waals surface area contributed by atoms with Crippen LogP contribution in [0.25, 0.3) is 0 Å². The number of nitriles is 1. The lowest BCUT2D eigenvalue weighted by molar-refractivity contribution is -0.132. The van der Waals surface area contributed by atoms with Gasteiger partial charge in [-0.25, -0.2) is 0 Å². The number of nitrogens with zero attached hydrogens (tertiary/aromatic N) is 1. The molecule has 0 aliphatic carbocycles. The van der Waals surface area contributed by atoms with E-state index in [2.05, 4.69) is 5.32 Å². The summed E-state index contributed by atoms with van der Waals surface area (Å²) in [4.78, 5) is 23.4. The monoisotopic (exact) mass is 252 g/mol. The fraction of sp³-hybridized carbons (Fsp3) is 0.769. The Bertz CT molecular complexity index is 330. The maximum Gasteiger partial charge on any atom is 0.244 e. The van der Waals surface area contributed by atoms with Crippen LogP contribution in [0.15, 0.2) is 0 Å². The molecule has 18 heavy (non-hydrogen) atoms. The highest BCUT2D eigenvalue weighted by Crippen LogP contribution is 2.18. The number of amides is 1. The molecule has 1 aliphatic rings. The molecule has 2 unspecified atom stereocenters. The van der Waals surface area contributed by atoms with Crippen LogP contribution in [0, 0.1) is 17.2 Å². The summed E-state index contributed by atoms with van der Waals surface area (Å²) in [6, 6.07) is 1.78. The highest BCUT2D eigenvalue weighted by atomic mass is 16.5. The lowest BCUT2D eigenvalue weighted by atomic mass is 9.98. The number of ketones is 1. The van der Waals surface area contributed by atoms with Gasteiger partial charge in [0.05, 0.1) is 12.2 Å². The smallest absolute Gasteiger partial charge is 0.244 e. The first-order chi connectivity index (χ1) is 8.69. The zero-order valence-corrected chi connectivity index (χ0v) is 10.8. The van der Waals surface area contributed by atoms with Crippen LogP contribution < -0.4 is 5.32 Å². The van der Waals surface area contributed by atoms with Crippen LogP contribution in [0.4, 0.5) is 0 Å². The number of nitrogens with one attached hydrogen (secondary N) is 1. The molecule has 100 valence electrons. The second kappa shape index (κ2) is 7.83. The topological polar surface area (TPSA) is 79.2 Å². The predicted molar refractivity (Wildman–Crippen MR) is 65.6 cm³/mol. The largest absolute Gasteiger partial charge is 0.378 e. The van der Waals surface area contributed by atoms with E-state index in [0.29, 0.717) is 13.0 Å². The van der Waals surface area contributed by atoms with Gasteiger partial charge in [0.2, 0.25) is 5.91 Å². The Kier molecular flexibility index (Phi) is 6.37. The van der Waals surface area contributed by atoms with Crippen LogP contribution in [0.1, 0.15) is 39.0 Å². The Hall–Kier alpha value is -1.41. The van der Waals surface area contributed by atoms with E-state index in [0.717, 1.165) is 25.9 Å². The number of carbonyl (C=O) groups excluding carboxylic acids is 2. The van der Waals surface area contributed by atoms with E-state index in [1.54, 1.807) is 6.07 Å². The summed E-state index contributed by atoms with van der Waals surface area (Å²) in [6.07, 6.45) is 3.74. The Morgan fingerprint density at radius 2 is 2.33 bits per heavy atom. The van der Waals surface area contributed by atoms with Gasteiger partial charge in [0.1, 0.15) is 0 Å². The molecule has 1 fully saturated rings. The number of ether oxygens (including phenoxy) is 1. The van der Waals surface area contributed by atoms with Crippen LogP contribution >= 0.6 is 0 Å². The first-order valence-corrected chi connectivity index (χ1v) is 6.50. The van der Waals surface area contributed by atoms with Gasteiger partial charge in [-0.2, -0.15) is 5.26 Å². The molecule has 2 atom stereocenters. The molecule has 1 N–H and O–H groups in total. The van der Waals surface area contributed by atoms with Crippen LogP contribution in [0.3, 0.4) is 0 Å². The minimum atomic E-state index is -1.17. The molecule has 0 aromatic heterocycles. The maximum absolute atomic E-state index is 11.8. The minimum Gasteiger partial charge on any atom is -0.378 e. The van der Waals surface area contributed by atoms with Gasteiger partial charge >= 0.3 is 0 Å². The van der Waals surface area contributed by atoms with E-state index in [1.165, 1.54) is 0 Å². The molecule has 1 aliphatic heterocycles. The fourth-order valence-electron chi connectivity index (χ4n) is 1.95. The highest BCUT2D eigenvalue weighted by Gasteiger charge is 2.27. The molecule has 0 radical (unpaired) electrons. The Labute approximate surface area is 107 Å². The maximum atomic E-state index is 11.8. The first-order valence-electron chi connectivity index (χ1n) is 6.50. The van der Waals surface area contributed by atoms with Gasteiger partial charge in [0.25, 0.3) is 0 Å². The Morgan fingerprint density at radius 3 is 2.89 bits per heavy atom. The molecule has 5 nitrogen and oxygen atoms in total. The van der Waals surface area contributed by atoms with E-state index < -0.39 is 11.8 Å². The van der Waals surface area contributed by atoms with E-state index in [4.69, 9.17) is 10.00 Å². The molecule has 1 saturated heterocycles. The van der Waals surface area contributed by atoms with Gasteiger partial charge in [-0.15, -0.1) is 0 Å². The van der Waals surface area contributed by atoms with Crippen molar-refractivity contribution in [2.75, 3.05) is 13.2 Å². The lowest BCUT2D eigenvalue weighted by Crippen LogP contribution is -2.35. The zero-order chi connectivity index (χ0) is 13.4. The molecule has 5 heteroatoms. The second-order valence-electron chi connectivity index (χ2n) is 4.49. The molecular weight excluding hydrogens is 232 g/mol. The van der Waals surface area contributed by atoms with Gasteiger partial charge < -0.3 is 10.1 Å². The normalized spacial score (nSPS) is 20.1. The number of rotatable bonds is 7. The van der Waals surface area contributed by atoms with E-state index in [1.807, 2.05) is 6.92 Å². The molecule has 0 saturated carbocycles. The van der Waals surface area contributed by atoms with Crippen LogP contribution in [-0.2, 0) is 14.3 Å². The summed E-state index contributed by atoms with van der Waals surface area (Å²) in [5.74, 6) is -1.95. The van der Waals surface area contributed by atoms with E-state index >= 15 is 0 Å². The van der Waals surface area contributed by atoms with E-state index in [-0.39, 0.29) is 18.3 Å². The quantitative estimate of drug-likeness (QED) is 0.690. The average Bonchev–Trinajstić information content (AvgIpc) is 2.87. The molecule has 1 amide bonds. The number of hydrogen-bond acceptors (Lipinski definition) is 4. The summed E-state index contributed by atoms with van der Waals surface area (Å²) < 4.78 is 5.41. The molecule has 1 rings (SSSR count). The van der Waals surface area contributed by atoms with Gasteiger partial charge in [-0.3, -0.25) is 9.59 Å². The number of hydrogen-bond donors (Lipinski definition) is 1. The van der Waals surface area contributed by atoms with Crippen LogP contribution in [0.2, 0.25) is 0 Å². The molecule has 1 heterocycles. The molecule has 0 aromatic carbocycles. The van der Waals surface area contributed by atoms with Crippen LogP contribution in [-0.4, -0.2) is 30.9 Å².